The lowest BCUT2D eigenvalue weighted by Gasteiger charge is -2.67. The minimum absolute atomic E-state index is 0.00132. The summed E-state index contributed by atoms with van der Waals surface area (Å²) >= 11 is 0. The molecule has 11 atom stereocenters. The molecule has 0 radical (unpaired) electrons. The van der Waals surface area contributed by atoms with Crippen LogP contribution in [0.1, 0.15) is 93.6 Å². The first kappa shape index (κ1) is 46.3. The molecular formula is C49H55NO14. The van der Waals surface area contributed by atoms with E-state index in [9.17, 15) is 39.3 Å². The van der Waals surface area contributed by atoms with E-state index >= 15 is 4.79 Å². The minimum Gasteiger partial charge on any atom is -0.456 e. The molecule has 1 saturated heterocycles. The second kappa shape index (κ2) is 17.3. The van der Waals surface area contributed by atoms with Gasteiger partial charge in [-0.1, -0.05) is 94.4 Å². The summed E-state index contributed by atoms with van der Waals surface area (Å²) in [5, 5.41) is 40.5. The number of rotatable bonds is 11. The summed E-state index contributed by atoms with van der Waals surface area (Å²) in [6, 6.07) is 23.0. The van der Waals surface area contributed by atoms with Crippen LogP contribution in [-0.2, 0) is 42.9 Å². The summed E-state index contributed by atoms with van der Waals surface area (Å²) in [4.78, 5) is 84.6. The number of hydrogen-bond acceptors (Lipinski definition) is 14. The third kappa shape index (κ3) is 7.71. The molecule has 1 aliphatic heterocycles. The molecule has 3 aromatic carbocycles. The van der Waals surface area contributed by atoms with Gasteiger partial charge in [-0.2, -0.15) is 0 Å². The molecule has 4 aliphatic rings. The van der Waals surface area contributed by atoms with Crippen molar-refractivity contribution in [2.45, 2.75) is 115 Å². The molecular weight excluding hydrogens is 827 g/mol. The van der Waals surface area contributed by atoms with Crippen LogP contribution < -0.4 is 5.32 Å². The Morgan fingerprint density at radius 2 is 1.41 bits per heavy atom. The maximum Gasteiger partial charge on any atom is 0.338 e. The molecule has 0 aromatic heterocycles. The molecule has 2 saturated carbocycles. The molecule has 0 spiro atoms. The van der Waals surface area contributed by atoms with Crippen molar-refractivity contribution in [3.05, 3.63) is 119 Å². The van der Waals surface area contributed by atoms with Gasteiger partial charge in [0.1, 0.15) is 23.9 Å². The van der Waals surface area contributed by atoms with Crippen molar-refractivity contribution in [1.82, 2.24) is 5.32 Å². The molecule has 7 rings (SSSR count). The van der Waals surface area contributed by atoms with E-state index in [0.717, 1.165) is 6.92 Å². The SMILES string of the molecule is CC(=O)O[C@H]1C(=O)[C@@]2(C)[C@H]([C@H](OC(=O)c3ccccc3)[C@]3(O)C[C@H](OC(=O)[C@H](O)[C@@H](NC(=O)c4ccccc4)c4ccccc4)C(C)=C1C3(C)C)[C@]1(OC(=O)C(C)C)CO[C@@H]1C[C@@H]2O. The van der Waals surface area contributed by atoms with Crippen LogP contribution in [0.2, 0.25) is 0 Å². The number of esters is 4. The lowest BCUT2D eigenvalue weighted by molar-refractivity contribution is -0.347. The normalized spacial score (nSPS) is 31.3. The fourth-order valence-electron chi connectivity index (χ4n) is 10.2. The molecule has 3 aromatic rings. The summed E-state index contributed by atoms with van der Waals surface area (Å²) in [6.45, 7) is 10.1. The Balaban J connectivity index is 1.40. The zero-order valence-electron chi connectivity index (χ0n) is 36.8. The smallest absolute Gasteiger partial charge is 0.338 e. The van der Waals surface area contributed by atoms with E-state index < -0.39 is 119 Å². The number of carbonyl (C=O) groups is 6. The minimum atomic E-state index is -2.40. The first-order valence-electron chi connectivity index (χ1n) is 21.4. The number of benzene rings is 3. The highest BCUT2D eigenvalue weighted by Crippen LogP contribution is 2.64. The maximum absolute atomic E-state index is 15.6. The standard InChI is InChI=1S/C49H55NO14/c1-26(2)43(56)64-48-25-60-34(48)23-33(52)47(7)39(48)41(63-44(57)31-21-15-10-16-22-31)49(59)24-32(27(3)35(46(49,5)6)38(40(47)54)61-28(4)51)62-45(58)37(53)36(29-17-11-8-12-18-29)50-42(55)30-19-13-9-14-20-30/h8-22,26,32-34,36-39,41,52-53,59H,23-25H2,1-7H3,(H,50,55)/t32-,33-,34+,36-,37+,38+,39-,41-,47+,48-,49+/m0/s1. The van der Waals surface area contributed by atoms with Crippen LogP contribution in [0, 0.1) is 22.7 Å². The highest BCUT2D eigenvalue weighted by Gasteiger charge is 2.78. The molecule has 0 unspecified atom stereocenters. The maximum atomic E-state index is 15.6. The van der Waals surface area contributed by atoms with E-state index in [2.05, 4.69) is 5.32 Å². The predicted molar refractivity (Wildman–Crippen MR) is 227 cm³/mol. The highest BCUT2D eigenvalue weighted by molar-refractivity contribution is 5.96. The molecule has 3 aliphatic carbocycles. The van der Waals surface area contributed by atoms with Crippen molar-refractivity contribution in [3.8, 4) is 0 Å². The molecule has 1 heterocycles. The number of ether oxygens (including phenoxy) is 5. The third-order valence-electron chi connectivity index (χ3n) is 13.9. The third-order valence-corrected chi connectivity index (χ3v) is 13.9. The lowest BCUT2D eigenvalue weighted by Crippen LogP contribution is -2.82. The van der Waals surface area contributed by atoms with Crippen molar-refractivity contribution in [3.63, 3.8) is 0 Å². The van der Waals surface area contributed by atoms with Gasteiger partial charge in [0.15, 0.2) is 23.6 Å². The number of nitrogens with one attached hydrogen (secondary N) is 1. The zero-order chi connectivity index (χ0) is 46.5. The molecule has 340 valence electrons. The molecule has 15 heteroatoms. The first-order chi connectivity index (χ1) is 30.2. The van der Waals surface area contributed by atoms with Gasteiger partial charge in [-0.15, -0.1) is 0 Å². The molecule has 1 amide bonds. The lowest BCUT2D eigenvalue weighted by atomic mass is 9.44. The van der Waals surface area contributed by atoms with Crippen molar-refractivity contribution >= 4 is 35.6 Å². The van der Waals surface area contributed by atoms with Crippen LogP contribution in [0.4, 0.5) is 0 Å². The molecule has 4 N–H and O–H groups in total. The predicted octanol–water partition coefficient (Wildman–Crippen LogP) is 4.37. The quantitative estimate of drug-likeness (QED) is 0.119. The van der Waals surface area contributed by atoms with Crippen LogP contribution in [0.25, 0.3) is 0 Å². The summed E-state index contributed by atoms with van der Waals surface area (Å²) in [7, 11) is 0. The van der Waals surface area contributed by atoms with Crippen LogP contribution >= 0.6 is 0 Å². The number of ketones is 1. The van der Waals surface area contributed by atoms with Crippen LogP contribution in [0.15, 0.2) is 102 Å². The van der Waals surface area contributed by atoms with Crippen LogP contribution in [-0.4, -0.2) is 105 Å². The Morgan fingerprint density at radius 1 is 0.828 bits per heavy atom. The van der Waals surface area contributed by atoms with Gasteiger partial charge in [0.2, 0.25) is 0 Å². The fraction of sp³-hybridized carbons (Fsp3) is 0.469. The van der Waals surface area contributed by atoms with E-state index in [1.165, 1.54) is 26.0 Å². The van der Waals surface area contributed by atoms with Gasteiger partial charge < -0.3 is 44.3 Å². The number of amides is 1. The largest absolute Gasteiger partial charge is 0.456 e. The number of aliphatic hydroxyl groups excluding tert-OH is 2. The Hall–Kier alpha value is -5.74. The topological polar surface area (TPSA) is 221 Å². The monoisotopic (exact) mass is 881 g/mol. The average molecular weight is 882 g/mol. The second-order valence-corrected chi connectivity index (χ2v) is 18.3. The van der Waals surface area contributed by atoms with Gasteiger partial charge in [0, 0.05) is 30.7 Å². The van der Waals surface area contributed by atoms with E-state index in [0.29, 0.717) is 5.56 Å². The van der Waals surface area contributed by atoms with Crippen molar-refractivity contribution in [2.75, 3.05) is 6.61 Å². The Morgan fingerprint density at radius 3 is 1.95 bits per heavy atom. The van der Waals surface area contributed by atoms with E-state index in [1.807, 2.05) is 0 Å². The second-order valence-electron chi connectivity index (χ2n) is 18.3. The molecule has 64 heavy (non-hydrogen) atoms. The zero-order valence-corrected chi connectivity index (χ0v) is 36.8. The average Bonchev–Trinajstić information content (AvgIpc) is 3.26. The van der Waals surface area contributed by atoms with Crippen molar-refractivity contribution in [2.24, 2.45) is 22.7 Å². The van der Waals surface area contributed by atoms with Crippen molar-refractivity contribution in [1.29, 1.82) is 0 Å². The highest BCUT2D eigenvalue weighted by atomic mass is 16.6. The Kier molecular flexibility index (Phi) is 12.5. The van der Waals surface area contributed by atoms with Gasteiger partial charge in [0.05, 0.1) is 41.6 Å². The number of aliphatic hydroxyl groups is 3. The first-order valence-corrected chi connectivity index (χ1v) is 21.4. The van der Waals surface area contributed by atoms with Gasteiger partial charge in [-0.05, 0) is 54.8 Å². The Bertz CT molecular complexity index is 2330. The number of carbonyl (C=O) groups excluding carboxylic acids is 6. The molecule has 3 fully saturated rings. The van der Waals surface area contributed by atoms with Gasteiger partial charge in [-0.3, -0.25) is 19.2 Å². The van der Waals surface area contributed by atoms with Crippen molar-refractivity contribution < 1.29 is 67.8 Å². The summed E-state index contributed by atoms with van der Waals surface area (Å²) < 4.78 is 30.7. The van der Waals surface area contributed by atoms with E-state index in [1.54, 1.807) is 107 Å². The summed E-state index contributed by atoms with van der Waals surface area (Å²) in [5.41, 5.74) is -7.06. The van der Waals surface area contributed by atoms with Gasteiger partial charge in [0.25, 0.3) is 5.91 Å². The fourth-order valence-corrected chi connectivity index (χ4v) is 10.2. The molecule has 2 bridgehead atoms. The van der Waals surface area contributed by atoms with E-state index in [-0.39, 0.29) is 35.3 Å². The Labute approximate surface area is 371 Å². The van der Waals surface area contributed by atoms with E-state index in [4.69, 9.17) is 23.7 Å². The molecule has 15 nitrogen and oxygen atoms in total. The van der Waals surface area contributed by atoms with Gasteiger partial charge in [-0.25, -0.2) is 9.59 Å². The number of hydrogen-bond donors (Lipinski definition) is 4. The van der Waals surface area contributed by atoms with Gasteiger partial charge >= 0.3 is 23.9 Å². The summed E-state index contributed by atoms with van der Waals surface area (Å²) in [5.74, 6) is -7.44. The summed E-state index contributed by atoms with van der Waals surface area (Å²) in [6.07, 6.45) is -10.6. The number of fused-ring (bicyclic) bond motifs is 5. The van der Waals surface area contributed by atoms with Crippen LogP contribution in [0.3, 0.4) is 0 Å². The van der Waals surface area contributed by atoms with Crippen LogP contribution in [0.5, 0.6) is 0 Å². The number of Topliss-reactive ketones (excluding diaryl/α,β-unsaturated/α-hetero) is 1.